The van der Waals surface area contributed by atoms with Crippen molar-refractivity contribution < 1.29 is 0 Å². The molecular formula is C20H19ClN4S3. The molecule has 0 radical (unpaired) electrons. The van der Waals surface area contributed by atoms with Crippen LogP contribution in [0.3, 0.4) is 0 Å². The highest BCUT2D eigenvalue weighted by Gasteiger charge is 2.16. The molecule has 0 aliphatic heterocycles. The van der Waals surface area contributed by atoms with E-state index in [0.717, 1.165) is 56.6 Å². The lowest BCUT2D eigenvalue weighted by Crippen LogP contribution is -2.01. The Balaban J connectivity index is 1.53. The van der Waals surface area contributed by atoms with Crippen LogP contribution in [0.5, 0.6) is 0 Å². The number of rotatable bonds is 7. The summed E-state index contributed by atoms with van der Waals surface area (Å²) in [5.74, 6) is 1.70. The van der Waals surface area contributed by atoms with Crippen LogP contribution in [0.15, 0.2) is 46.2 Å². The van der Waals surface area contributed by atoms with Gasteiger partial charge in [0.2, 0.25) is 0 Å². The molecule has 3 aromatic heterocycles. The average molecular weight is 447 g/mol. The SMILES string of the molecule is CCCn1c(SCc2csc(-c3ccccc3Cl)n2)nnc1-c1csc(C)c1. The summed E-state index contributed by atoms with van der Waals surface area (Å²) in [6.45, 7) is 5.19. The van der Waals surface area contributed by atoms with E-state index in [4.69, 9.17) is 16.6 Å². The number of aryl methyl sites for hydroxylation is 1. The molecule has 28 heavy (non-hydrogen) atoms. The molecule has 0 bridgehead atoms. The lowest BCUT2D eigenvalue weighted by atomic mass is 10.2. The van der Waals surface area contributed by atoms with E-state index in [1.54, 1.807) is 34.4 Å². The summed E-state index contributed by atoms with van der Waals surface area (Å²) in [5.41, 5.74) is 3.16. The van der Waals surface area contributed by atoms with E-state index >= 15 is 0 Å². The fourth-order valence-electron chi connectivity index (χ4n) is 2.87. The molecule has 0 N–H and O–H groups in total. The minimum Gasteiger partial charge on any atom is -0.302 e. The van der Waals surface area contributed by atoms with E-state index in [9.17, 15) is 0 Å². The van der Waals surface area contributed by atoms with E-state index in [1.165, 1.54) is 4.88 Å². The van der Waals surface area contributed by atoms with Gasteiger partial charge in [0, 0.05) is 39.1 Å². The van der Waals surface area contributed by atoms with Gasteiger partial charge >= 0.3 is 0 Å². The molecule has 0 fully saturated rings. The zero-order chi connectivity index (χ0) is 19.5. The van der Waals surface area contributed by atoms with Gasteiger partial charge in [-0.05, 0) is 25.5 Å². The highest BCUT2D eigenvalue weighted by atomic mass is 35.5. The van der Waals surface area contributed by atoms with Crippen LogP contribution in [0.2, 0.25) is 5.02 Å². The second-order valence-corrected chi connectivity index (χ2v) is 9.64. The molecule has 0 saturated carbocycles. The molecule has 0 unspecified atom stereocenters. The zero-order valence-corrected chi connectivity index (χ0v) is 18.8. The molecule has 0 atom stereocenters. The lowest BCUT2D eigenvalue weighted by Gasteiger charge is -2.07. The number of thiazole rings is 1. The second kappa shape index (κ2) is 8.78. The first-order valence-electron chi connectivity index (χ1n) is 8.96. The third-order valence-electron chi connectivity index (χ3n) is 4.16. The molecule has 1 aromatic carbocycles. The van der Waals surface area contributed by atoms with E-state index in [2.05, 4.69) is 45.4 Å². The minimum absolute atomic E-state index is 0.731. The Morgan fingerprint density at radius 2 is 2.00 bits per heavy atom. The standard InChI is InChI=1S/C20H19ClN4S3/c1-3-8-25-18(14-9-13(2)26-10-14)23-24-20(25)28-12-15-11-27-19(22-15)16-6-4-5-7-17(16)21/h4-7,9-11H,3,8,12H2,1-2H3. The number of hydrogen-bond donors (Lipinski definition) is 0. The largest absolute Gasteiger partial charge is 0.302 e. The molecule has 0 aliphatic rings. The van der Waals surface area contributed by atoms with Crippen molar-refractivity contribution in [3.05, 3.63) is 56.7 Å². The van der Waals surface area contributed by atoms with Crippen LogP contribution in [0.25, 0.3) is 22.0 Å². The van der Waals surface area contributed by atoms with Gasteiger partial charge in [-0.3, -0.25) is 0 Å². The molecule has 0 saturated heterocycles. The molecule has 8 heteroatoms. The van der Waals surface area contributed by atoms with Crippen molar-refractivity contribution in [1.82, 2.24) is 19.7 Å². The van der Waals surface area contributed by atoms with E-state index < -0.39 is 0 Å². The van der Waals surface area contributed by atoms with E-state index in [0.29, 0.717) is 0 Å². The number of thioether (sulfide) groups is 1. The predicted molar refractivity (Wildman–Crippen MR) is 120 cm³/mol. The van der Waals surface area contributed by atoms with E-state index in [-0.39, 0.29) is 0 Å². The van der Waals surface area contributed by atoms with Crippen LogP contribution in [-0.4, -0.2) is 19.7 Å². The summed E-state index contributed by atoms with van der Waals surface area (Å²) < 4.78 is 2.22. The smallest absolute Gasteiger partial charge is 0.191 e. The minimum atomic E-state index is 0.731. The molecule has 0 spiro atoms. The summed E-state index contributed by atoms with van der Waals surface area (Å²) in [6.07, 6.45) is 1.04. The first kappa shape index (κ1) is 19.6. The van der Waals surface area contributed by atoms with Crippen molar-refractivity contribution in [3.8, 4) is 22.0 Å². The Kier molecular flexibility index (Phi) is 6.16. The third kappa shape index (κ3) is 4.17. The quantitative estimate of drug-likeness (QED) is 0.293. The van der Waals surface area contributed by atoms with Crippen LogP contribution in [0.1, 0.15) is 23.9 Å². The Hall–Kier alpha value is -1.67. The van der Waals surface area contributed by atoms with Gasteiger partial charge in [-0.25, -0.2) is 4.98 Å². The number of nitrogens with zero attached hydrogens (tertiary/aromatic N) is 4. The van der Waals surface area contributed by atoms with E-state index in [1.807, 2.05) is 24.3 Å². The van der Waals surface area contributed by atoms with Crippen LogP contribution < -0.4 is 0 Å². The van der Waals surface area contributed by atoms with Crippen molar-refractivity contribution in [2.75, 3.05) is 0 Å². The van der Waals surface area contributed by atoms with Gasteiger partial charge in [0.05, 0.1) is 10.7 Å². The number of thiophene rings is 1. The van der Waals surface area contributed by atoms with Gasteiger partial charge in [0.25, 0.3) is 0 Å². The van der Waals surface area contributed by atoms with Gasteiger partial charge in [-0.1, -0.05) is 48.5 Å². The Morgan fingerprint density at radius 1 is 1.14 bits per heavy atom. The number of aromatic nitrogens is 4. The van der Waals surface area contributed by atoms with Crippen LogP contribution in [0, 0.1) is 6.92 Å². The summed E-state index contributed by atoms with van der Waals surface area (Å²) in [5, 5.41) is 15.8. The lowest BCUT2D eigenvalue weighted by molar-refractivity contribution is 0.626. The molecule has 0 amide bonds. The Labute approximate surface area is 181 Å². The fourth-order valence-corrected chi connectivity index (χ4v) is 5.65. The van der Waals surface area contributed by atoms with Gasteiger partial charge in [-0.15, -0.1) is 32.9 Å². The highest BCUT2D eigenvalue weighted by Crippen LogP contribution is 2.33. The summed E-state index contributed by atoms with van der Waals surface area (Å²) in [4.78, 5) is 6.04. The van der Waals surface area contributed by atoms with Crippen molar-refractivity contribution >= 4 is 46.0 Å². The molecule has 144 valence electrons. The first-order chi connectivity index (χ1) is 13.7. The molecule has 3 heterocycles. The van der Waals surface area contributed by atoms with Crippen molar-refractivity contribution in [3.63, 3.8) is 0 Å². The van der Waals surface area contributed by atoms with Crippen LogP contribution >= 0.6 is 46.0 Å². The summed E-state index contributed by atoms with van der Waals surface area (Å²) >= 11 is 11.3. The molecular weight excluding hydrogens is 428 g/mol. The maximum absolute atomic E-state index is 6.30. The molecule has 4 nitrogen and oxygen atoms in total. The second-order valence-electron chi connectivity index (χ2n) is 6.32. The molecule has 4 aromatic rings. The fraction of sp³-hybridized carbons (Fsp3) is 0.250. The maximum Gasteiger partial charge on any atom is 0.191 e. The monoisotopic (exact) mass is 446 g/mol. The van der Waals surface area contributed by atoms with Crippen molar-refractivity contribution in [2.45, 2.75) is 37.7 Å². The third-order valence-corrected chi connectivity index (χ3v) is 7.27. The van der Waals surface area contributed by atoms with Crippen LogP contribution in [0.4, 0.5) is 0 Å². The summed E-state index contributed by atoms with van der Waals surface area (Å²) in [6, 6.07) is 9.99. The number of hydrogen-bond acceptors (Lipinski definition) is 6. The van der Waals surface area contributed by atoms with Gasteiger partial charge in [0.15, 0.2) is 11.0 Å². The summed E-state index contributed by atoms with van der Waals surface area (Å²) in [7, 11) is 0. The molecule has 4 rings (SSSR count). The van der Waals surface area contributed by atoms with Crippen molar-refractivity contribution in [2.24, 2.45) is 0 Å². The van der Waals surface area contributed by atoms with Gasteiger partial charge in [-0.2, -0.15) is 0 Å². The van der Waals surface area contributed by atoms with Crippen molar-refractivity contribution in [1.29, 1.82) is 0 Å². The average Bonchev–Trinajstić information content (AvgIpc) is 3.41. The highest BCUT2D eigenvalue weighted by molar-refractivity contribution is 7.98. The van der Waals surface area contributed by atoms with Crippen LogP contribution in [-0.2, 0) is 12.3 Å². The number of halogens is 1. The molecule has 0 aliphatic carbocycles. The Bertz CT molecular complexity index is 1080. The predicted octanol–water partition coefficient (Wildman–Crippen LogP) is 6.79. The van der Waals surface area contributed by atoms with Gasteiger partial charge in [0.1, 0.15) is 5.01 Å². The zero-order valence-electron chi connectivity index (χ0n) is 15.6. The van der Waals surface area contributed by atoms with Gasteiger partial charge < -0.3 is 4.57 Å². The topological polar surface area (TPSA) is 43.6 Å². The normalized spacial score (nSPS) is 11.2. The maximum atomic E-state index is 6.30. The number of benzene rings is 1. The first-order valence-corrected chi connectivity index (χ1v) is 12.1. The Morgan fingerprint density at radius 3 is 2.75 bits per heavy atom.